The van der Waals surface area contributed by atoms with Gasteiger partial charge >= 0.3 is 14.4 Å². The molecular weight excluding hydrogens is 306 g/mol. The largest absolute Gasteiger partial charge is 0.640 e. The molecular formula is C17H34B2O5. The molecule has 0 bridgehead atoms. The fourth-order valence-electron chi connectivity index (χ4n) is 2.65. The molecule has 0 saturated carbocycles. The second-order valence-corrected chi connectivity index (χ2v) is 10.1. The fraction of sp³-hybridized carbons (Fsp3) is 1.00. The molecule has 0 amide bonds. The van der Waals surface area contributed by atoms with Gasteiger partial charge in [-0.25, -0.2) is 0 Å². The van der Waals surface area contributed by atoms with Gasteiger partial charge in [0.05, 0.1) is 28.4 Å². The summed E-state index contributed by atoms with van der Waals surface area (Å²) in [4.78, 5) is 0. The lowest BCUT2D eigenvalue weighted by molar-refractivity contribution is 0.00578. The van der Waals surface area contributed by atoms with Crippen molar-refractivity contribution < 1.29 is 23.3 Å². The average Bonchev–Trinajstić information content (AvgIpc) is 2.63. The zero-order valence-corrected chi connectivity index (χ0v) is 17.3. The summed E-state index contributed by atoms with van der Waals surface area (Å²) in [6.07, 6.45) is 0. The van der Waals surface area contributed by atoms with Crippen molar-refractivity contribution in [1.29, 1.82) is 0 Å². The smallest absolute Gasteiger partial charge is 0.402 e. The minimum absolute atomic E-state index is 0.204. The van der Waals surface area contributed by atoms with Gasteiger partial charge in [-0.15, -0.1) is 0 Å². The van der Waals surface area contributed by atoms with Crippen LogP contribution < -0.4 is 0 Å². The molecule has 2 aliphatic rings. The maximum atomic E-state index is 6.22. The van der Waals surface area contributed by atoms with Gasteiger partial charge in [-0.3, -0.25) is 0 Å². The van der Waals surface area contributed by atoms with Crippen LogP contribution in [-0.4, -0.2) is 42.8 Å². The molecule has 2 heterocycles. The predicted molar refractivity (Wildman–Crippen MR) is 96.5 cm³/mol. The third-order valence-electron chi connectivity index (χ3n) is 5.86. The van der Waals surface area contributed by atoms with Crippen LogP contribution in [-0.2, 0) is 23.3 Å². The average molecular weight is 340 g/mol. The highest BCUT2D eigenvalue weighted by atomic mass is 16.8. The molecule has 7 heteroatoms. The van der Waals surface area contributed by atoms with Crippen LogP contribution in [0.5, 0.6) is 0 Å². The molecule has 2 aliphatic heterocycles. The van der Waals surface area contributed by atoms with Gasteiger partial charge in [-0.2, -0.15) is 0 Å². The monoisotopic (exact) mass is 340 g/mol. The van der Waals surface area contributed by atoms with Crippen molar-refractivity contribution in [3.63, 3.8) is 0 Å². The summed E-state index contributed by atoms with van der Waals surface area (Å²) in [6.45, 7) is 22.5. The Labute approximate surface area is 148 Å². The van der Waals surface area contributed by atoms with Gasteiger partial charge in [0.25, 0.3) is 0 Å². The Morgan fingerprint density at radius 3 is 1.33 bits per heavy atom. The van der Waals surface area contributed by atoms with E-state index in [1.807, 2.05) is 55.4 Å². The Hall–Kier alpha value is -0.0701. The normalized spacial score (nSPS) is 29.1. The minimum atomic E-state index is -0.738. The lowest BCUT2D eigenvalue weighted by atomic mass is 9.66. The molecule has 0 aliphatic carbocycles. The lowest BCUT2D eigenvalue weighted by Gasteiger charge is -2.33. The van der Waals surface area contributed by atoms with Gasteiger partial charge in [-0.05, 0) is 60.8 Å². The van der Waals surface area contributed by atoms with Crippen LogP contribution in [0, 0.1) is 5.41 Å². The van der Waals surface area contributed by atoms with Gasteiger partial charge in [-0.1, -0.05) is 20.8 Å². The summed E-state index contributed by atoms with van der Waals surface area (Å²) >= 11 is 0. The van der Waals surface area contributed by atoms with E-state index >= 15 is 0 Å². The molecule has 5 nitrogen and oxygen atoms in total. The van der Waals surface area contributed by atoms with Gasteiger partial charge < -0.3 is 23.3 Å². The molecule has 0 spiro atoms. The number of hydrogen-bond acceptors (Lipinski definition) is 5. The highest BCUT2D eigenvalue weighted by Gasteiger charge is 2.60. The molecule has 0 aromatic carbocycles. The Morgan fingerprint density at radius 1 is 0.667 bits per heavy atom. The Bertz CT molecular complexity index is 450. The Kier molecular flexibility index (Phi) is 4.82. The van der Waals surface area contributed by atoms with E-state index in [9.17, 15) is 0 Å². The molecule has 1 atom stereocenters. The van der Waals surface area contributed by atoms with E-state index in [1.165, 1.54) is 0 Å². The topological polar surface area (TPSA) is 46.2 Å². The molecule has 1 unspecified atom stereocenters. The van der Waals surface area contributed by atoms with Crippen LogP contribution >= 0.6 is 0 Å². The third-order valence-corrected chi connectivity index (χ3v) is 5.86. The van der Waals surface area contributed by atoms with E-state index in [2.05, 4.69) is 20.8 Å². The second-order valence-electron chi connectivity index (χ2n) is 10.1. The number of rotatable bonds is 3. The first-order valence-corrected chi connectivity index (χ1v) is 8.85. The summed E-state index contributed by atoms with van der Waals surface area (Å²) in [7, 11) is -1.22. The zero-order chi connectivity index (χ0) is 18.8. The van der Waals surface area contributed by atoms with Crippen LogP contribution in [0.3, 0.4) is 0 Å². The molecule has 0 radical (unpaired) electrons. The first-order chi connectivity index (χ1) is 10.5. The Morgan fingerprint density at radius 2 is 1.00 bits per heavy atom. The minimum Gasteiger partial charge on any atom is -0.402 e. The summed E-state index contributed by atoms with van der Waals surface area (Å²) < 4.78 is 30.6. The maximum absolute atomic E-state index is 6.22. The van der Waals surface area contributed by atoms with Crippen LogP contribution in [0.25, 0.3) is 0 Å². The van der Waals surface area contributed by atoms with Crippen LogP contribution in [0.15, 0.2) is 0 Å². The molecule has 0 aromatic rings. The molecule has 2 fully saturated rings. The zero-order valence-electron chi connectivity index (χ0n) is 17.3. The molecule has 0 N–H and O–H groups in total. The summed E-state index contributed by atoms with van der Waals surface area (Å²) in [5, 5.41) is 0. The fourth-order valence-corrected chi connectivity index (χ4v) is 2.65. The molecule has 24 heavy (non-hydrogen) atoms. The number of hydrogen-bond donors (Lipinski definition) is 0. The lowest BCUT2D eigenvalue weighted by Crippen LogP contribution is -2.49. The van der Waals surface area contributed by atoms with E-state index in [-0.39, 0.29) is 11.4 Å². The van der Waals surface area contributed by atoms with E-state index in [1.54, 1.807) is 0 Å². The first kappa shape index (κ1) is 20.2. The van der Waals surface area contributed by atoms with Crippen molar-refractivity contribution in [2.24, 2.45) is 5.41 Å². The highest BCUT2D eigenvalue weighted by molar-refractivity contribution is 6.49. The van der Waals surface area contributed by atoms with Crippen LogP contribution in [0.4, 0.5) is 0 Å². The molecule has 2 saturated heterocycles. The standard InChI is InChI=1S/C17H34B2O5/c1-13(2,3)12(18-21-14(4,5)15(6,7)22-18)20-19-23-16(8,9)17(10,11)24-19/h12H,1-11H3. The van der Waals surface area contributed by atoms with Gasteiger partial charge in [0.1, 0.15) is 0 Å². The molecule has 138 valence electrons. The van der Waals surface area contributed by atoms with E-state index < -0.39 is 36.8 Å². The van der Waals surface area contributed by atoms with Crippen LogP contribution in [0.1, 0.15) is 76.2 Å². The first-order valence-electron chi connectivity index (χ1n) is 8.85. The van der Waals surface area contributed by atoms with Crippen molar-refractivity contribution in [1.82, 2.24) is 0 Å². The quantitative estimate of drug-likeness (QED) is 0.734. The predicted octanol–water partition coefficient (Wildman–Crippen LogP) is 3.64. The van der Waals surface area contributed by atoms with Gasteiger partial charge in [0.15, 0.2) is 0 Å². The highest BCUT2D eigenvalue weighted by Crippen LogP contribution is 2.43. The van der Waals surface area contributed by atoms with Crippen molar-refractivity contribution in [3.8, 4) is 0 Å². The Balaban J connectivity index is 2.18. The second kappa shape index (κ2) is 5.71. The van der Waals surface area contributed by atoms with Crippen molar-refractivity contribution in [2.45, 2.75) is 105 Å². The summed E-state index contributed by atoms with van der Waals surface area (Å²) in [6, 6.07) is -0.326. The van der Waals surface area contributed by atoms with Gasteiger partial charge in [0.2, 0.25) is 0 Å². The van der Waals surface area contributed by atoms with E-state index in [0.717, 1.165) is 0 Å². The van der Waals surface area contributed by atoms with Crippen LogP contribution in [0.2, 0.25) is 0 Å². The molecule has 0 aromatic heterocycles. The summed E-state index contributed by atoms with van der Waals surface area (Å²) in [5.74, 6) is 0. The van der Waals surface area contributed by atoms with E-state index in [0.29, 0.717) is 0 Å². The van der Waals surface area contributed by atoms with E-state index in [4.69, 9.17) is 23.3 Å². The SMILES string of the molecule is CC(C)(C)C(OB1OC(C)(C)C(C)(C)O1)B1OC(C)(C)C(C)(C)O1. The third kappa shape index (κ3) is 3.56. The van der Waals surface area contributed by atoms with Crippen molar-refractivity contribution in [2.75, 3.05) is 0 Å². The van der Waals surface area contributed by atoms with Gasteiger partial charge in [0, 0.05) is 0 Å². The van der Waals surface area contributed by atoms with Crippen molar-refractivity contribution >= 4 is 14.4 Å². The maximum Gasteiger partial charge on any atom is 0.640 e. The van der Waals surface area contributed by atoms with Crippen molar-refractivity contribution in [3.05, 3.63) is 0 Å². The molecule has 2 rings (SSSR count). The summed E-state index contributed by atoms with van der Waals surface area (Å²) in [5.41, 5.74) is -1.88.